The number of carbonyl (C=O) groups is 1. The Morgan fingerprint density at radius 3 is 2.58 bits per heavy atom. The van der Waals surface area contributed by atoms with Crippen LogP contribution in [-0.4, -0.2) is 36.5 Å². The maximum absolute atomic E-state index is 13.6. The molecule has 0 spiro atoms. The Balaban J connectivity index is 1.64. The van der Waals surface area contributed by atoms with Crippen LogP contribution in [0, 0.1) is 15.9 Å². The summed E-state index contributed by atoms with van der Waals surface area (Å²) in [6.45, 7) is 0.326. The van der Waals surface area contributed by atoms with Gasteiger partial charge >= 0.3 is 0 Å². The van der Waals surface area contributed by atoms with Gasteiger partial charge in [0, 0.05) is 31.3 Å². The SMILES string of the molecule is Cn1cnnc1Sc1ccc(C(=O)N(Cc2ccc(F)cc2)C2CCCCC2)cc1[N+](=O)[O-]. The van der Waals surface area contributed by atoms with E-state index >= 15 is 0 Å². The number of benzene rings is 2. The summed E-state index contributed by atoms with van der Waals surface area (Å²) >= 11 is 1.12. The van der Waals surface area contributed by atoms with Crippen molar-refractivity contribution in [2.24, 2.45) is 7.05 Å². The molecule has 33 heavy (non-hydrogen) atoms. The first kappa shape index (κ1) is 22.9. The highest BCUT2D eigenvalue weighted by atomic mass is 32.2. The van der Waals surface area contributed by atoms with E-state index in [1.807, 2.05) is 0 Å². The van der Waals surface area contributed by atoms with Crippen molar-refractivity contribution in [3.8, 4) is 0 Å². The van der Waals surface area contributed by atoms with E-state index in [1.54, 1.807) is 40.8 Å². The summed E-state index contributed by atoms with van der Waals surface area (Å²) in [7, 11) is 1.75. The highest BCUT2D eigenvalue weighted by Crippen LogP contribution is 2.35. The van der Waals surface area contributed by atoms with Gasteiger partial charge in [0.15, 0.2) is 5.16 Å². The summed E-state index contributed by atoms with van der Waals surface area (Å²) in [6, 6.07) is 10.7. The maximum atomic E-state index is 13.6. The number of nitro groups is 1. The first-order valence-corrected chi connectivity index (χ1v) is 11.6. The molecule has 1 saturated carbocycles. The van der Waals surface area contributed by atoms with Gasteiger partial charge in [-0.3, -0.25) is 14.9 Å². The molecule has 0 unspecified atom stereocenters. The van der Waals surface area contributed by atoms with E-state index in [0.717, 1.165) is 49.4 Å². The van der Waals surface area contributed by atoms with Gasteiger partial charge in [0.2, 0.25) is 0 Å². The fourth-order valence-corrected chi connectivity index (χ4v) is 4.90. The minimum Gasteiger partial charge on any atom is -0.331 e. The van der Waals surface area contributed by atoms with E-state index in [2.05, 4.69) is 10.2 Å². The van der Waals surface area contributed by atoms with E-state index < -0.39 is 4.92 Å². The lowest BCUT2D eigenvalue weighted by molar-refractivity contribution is -0.387. The van der Waals surface area contributed by atoms with Gasteiger partial charge in [-0.2, -0.15) is 0 Å². The second kappa shape index (κ2) is 10.1. The Bertz CT molecular complexity index is 1150. The molecule has 1 amide bonds. The first-order chi connectivity index (χ1) is 15.9. The second-order valence-electron chi connectivity index (χ2n) is 8.12. The number of nitro benzene ring substituents is 1. The van der Waals surface area contributed by atoms with Crippen LogP contribution in [0.2, 0.25) is 0 Å². The summed E-state index contributed by atoms with van der Waals surface area (Å²) in [5.74, 6) is -0.592. The summed E-state index contributed by atoms with van der Waals surface area (Å²) in [5, 5.41) is 20.1. The number of hydrogen-bond donors (Lipinski definition) is 0. The molecule has 10 heteroatoms. The van der Waals surface area contributed by atoms with Gasteiger partial charge in [-0.1, -0.05) is 31.4 Å². The van der Waals surface area contributed by atoms with Gasteiger partial charge in [-0.15, -0.1) is 10.2 Å². The zero-order valence-electron chi connectivity index (χ0n) is 18.2. The molecule has 0 bridgehead atoms. The summed E-state index contributed by atoms with van der Waals surface area (Å²) in [5.41, 5.74) is 0.926. The number of halogens is 1. The van der Waals surface area contributed by atoms with Crippen molar-refractivity contribution in [1.82, 2.24) is 19.7 Å². The third kappa shape index (κ3) is 5.39. The molecule has 0 N–H and O–H groups in total. The van der Waals surface area contributed by atoms with Crippen molar-refractivity contribution < 1.29 is 14.1 Å². The van der Waals surface area contributed by atoms with Gasteiger partial charge in [0.1, 0.15) is 12.1 Å². The van der Waals surface area contributed by atoms with Crippen LogP contribution in [0.15, 0.2) is 58.8 Å². The van der Waals surface area contributed by atoms with Crippen molar-refractivity contribution in [2.75, 3.05) is 0 Å². The minimum atomic E-state index is -0.486. The molecular weight excluding hydrogens is 445 g/mol. The molecule has 0 radical (unpaired) electrons. The number of amides is 1. The van der Waals surface area contributed by atoms with Crippen molar-refractivity contribution in [3.63, 3.8) is 0 Å². The molecule has 0 aliphatic heterocycles. The smallest absolute Gasteiger partial charge is 0.284 e. The monoisotopic (exact) mass is 469 g/mol. The predicted molar refractivity (Wildman–Crippen MR) is 121 cm³/mol. The fourth-order valence-electron chi connectivity index (χ4n) is 4.05. The zero-order valence-corrected chi connectivity index (χ0v) is 19.0. The van der Waals surface area contributed by atoms with Crippen molar-refractivity contribution >= 4 is 23.4 Å². The Morgan fingerprint density at radius 1 is 1.21 bits per heavy atom. The number of aryl methyl sites for hydroxylation is 1. The van der Waals surface area contributed by atoms with Crippen molar-refractivity contribution in [3.05, 3.63) is 75.9 Å². The largest absolute Gasteiger partial charge is 0.331 e. The lowest BCUT2D eigenvalue weighted by Crippen LogP contribution is -2.41. The van der Waals surface area contributed by atoms with Crippen LogP contribution in [0.25, 0.3) is 0 Å². The predicted octanol–water partition coefficient (Wildman–Crippen LogP) is 4.99. The Morgan fingerprint density at radius 2 is 1.94 bits per heavy atom. The molecular formula is C23H24FN5O3S. The fraction of sp³-hybridized carbons (Fsp3) is 0.348. The van der Waals surface area contributed by atoms with Gasteiger partial charge in [0.25, 0.3) is 11.6 Å². The molecule has 4 rings (SSSR count). The van der Waals surface area contributed by atoms with Crippen molar-refractivity contribution in [2.45, 2.75) is 54.7 Å². The van der Waals surface area contributed by atoms with Crippen LogP contribution in [0.1, 0.15) is 48.0 Å². The molecule has 1 aliphatic carbocycles. The molecule has 3 aromatic rings. The van der Waals surface area contributed by atoms with Gasteiger partial charge in [-0.25, -0.2) is 4.39 Å². The average molecular weight is 470 g/mol. The summed E-state index contributed by atoms with van der Waals surface area (Å²) in [4.78, 5) is 27.0. The van der Waals surface area contributed by atoms with Gasteiger partial charge in [-0.05, 0) is 54.4 Å². The highest BCUT2D eigenvalue weighted by Gasteiger charge is 2.28. The summed E-state index contributed by atoms with van der Waals surface area (Å²) in [6.07, 6.45) is 6.49. The molecule has 8 nitrogen and oxygen atoms in total. The van der Waals surface area contributed by atoms with Crippen LogP contribution in [0.4, 0.5) is 10.1 Å². The van der Waals surface area contributed by atoms with E-state index in [9.17, 15) is 19.3 Å². The Labute approximate surface area is 195 Å². The van der Waals surface area contributed by atoms with Crippen LogP contribution < -0.4 is 0 Å². The number of aromatic nitrogens is 3. The molecule has 1 aromatic heterocycles. The normalized spacial score (nSPS) is 14.2. The standard InChI is InChI=1S/C23H24FN5O3S/c1-27-15-25-26-23(27)33-21-12-9-17(13-20(21)29(31)32)22(30)28(19-5-3-2-4-6-19)14-16-7-10-18(24)11-8-16/h7-13,15,19H,2-6,14H2,1H3. The van der Waals surface area contributed by atoms with Gasteiger partial charge in [0.05, 0.1) is 9.82 Å². The first-order valence-electron chi connectivity index (χ1n) is 10.8. The average Bonchev–Trinajstić information content (AvgIpc) is 3.23. The Hall–Kier alpha value is -3.27. The van der Waals surface area contributed by atoms with Crippen LogP contribution in [0.3, 0.4) is 0 Å². The highest BCUT2D eigenvalue weighted by molar-refractivity contribution is 7.99. The minimum absolute atomic E-state index is 0.0445. The zero-order chi connectivity index (χ0) is 23.4. The molecule has 1 heterocycles. The second-order valence-corrected chi connectivity index (χ2v) is 9.13. The Kier molecular flexibility index (Phi) is 7.02. The van der Waals surface area contributed by atoms with Crippen LogP contribution in [-0.2, 0) is 13.6 Å². The number of hydrogen-bond acceptors (Lipinski definition) is 6. The van der Waals surface area contributed by atoms with Crippen LogP contribution >= 0.6 is 11.8 Å². The molecule has 2 aromatic carbocycles. The van der Waals surface area contributed by atoms with E-state index in [4.69, 9.17) is 0 Å². The third-order valence-corrected chi connectivity index (χ3v) is 6.93. The van der Waals surface area contributed by atoms with Crippen LogP contribution in [0.5, 0.6) is 0 Å². The lowest BCUT2D eigenvalue weighted by Gasteiger charge is -2.34. The molecule has 1 aliphatic rings. The molecule has 0 saturated heterocycles. The van der Waals surface area contributed by atoms with E-state index in [0.29, 0.717) is 16.6 Å². The molecule has 172 valence electrons. The van der Waals surface area contributed by atoms with E-state index in [-0.39, 0.29) is 29.0 Å². The summed E-state index contributed by atoms with van der Waals surface area (Å²) < 4.78 is 15.0. The topological polar surface area (TPSA) is 94.2 Å². The third-order valence-electron chi connectivity index (χ3n) is 5.82. The van der Waals surface area contributed by atoms with E-state index in [1.165, 1.54) is 24.5 Å². The molecule has 1 fully saturated rings. The van der Waals surface area contributed by atoms with Crippen molar-refractivity contribution in [1.29, 1.82) is 0 Å². The lowest BCUT2D eigenvalue weighted by atomic mass is 9.93. The number of rotatable bonds is 7. The number of carbonyl (C=O) groups excluding carboxylic acids is 1. The quantitative estimate of drug-likeness (QED) is 0.357. The number of nitrogens with zero attached hydrogens (tertiary/aromatic N) is 5. The van der Waals surface area contributed by atoms with Gasteiger partial charge < -0.3 is 9.47 Å². The maximum Gasteiger partial charge on any atom is 0.284 e. The molecule has 0 atom stereocenters.